The maximum atomic E-state index is 12.1. The fourth-order valence-electron chi connectivity index (χ4n) is 3.27. The highest BCUT2D eigenvalue weighted by Gasteiger charge is 2.17. The lowest BCUT2D eigenvalue weighted by atomic mass is 10.2. The number of rotatable bonds is 7. The molecule has 1 saturated heterocycles. The van der Waals surface area contributed by atoms with Gasteiger partial charge in [-0.1, -0.05) is 23.7 Å². The van der Waals surface area contributed by atoms with E-state index in [4.69, 9.17) is 16.3 Å². The van der Waals surface area contributed by atoms with E-state index in [9.17, 15) is 4.79 Å². The summed E-state index contributed by atoms with van der Waals surface area (Å²) in [5, 5.41) is 3.44. The van der Waals surface area contributed by atoms with Crippen molar-refractivity contribution in [3.8, 4) is 5.75 Å². The predicted molar refractivity (Wildman–Crippen MR) is 110 cm³/mol. The smallest absolute Gasteiger partial charge is 0.252 e. The minimum atomic E-state index is -0.107. The normalized spacial score (nSPS) is 14.8. The van der Waals surface area contributed by atoms with Gasteiger partial charge in [0.15, 0.2) is 0 Å². The molecular weight excluding hydrogens is 362 g/mol. The van der Waals surface area contributed by atoms with Gasteiger partial charge in [-0.3, -0.25) is 9.69 Å². The van der Waals surface area contributed by atoms with Gasteiger partial charge in [0.2, 0.25) is 0 Å². The van der Waals surface area contributed by atoms with Crippen LogP contribution in [-0.4, -0.2) is 57.2 Å². The fraction of sp³-hybridized carbons (Fsp3) is 0.381. The number of ether oxygens (including phenoxy) is 1. The number of methoxy groups -OCH3 is 1. The summed E-state index contributed by atoms with van der Waals surface area (Å²) in [5.74, 6) is 0.779. The second-order valence-corrected chi connectivity index (χ2v) is 7.02. The summed E-state index contributed by atoms with van der Waals surface area (Å²) in [4.78, 5) is 17.0. The van der Waals surface area contributed by atoms with Crippen molar-refractivity contribution in [2.75, 3.05) is 51.3 Å². The van der Waals surface area contributed by atoms with Crippen LogP contribution in [0.25, 0.3) is 0 Å². The zero-order chi connectivity index (χ0) is 19.1. The summed E-state index contributed by atoms with van der Waals surface area (Å²) in [6, 6.07) is 15.4. The number of hydrogen-bond acceptors (Lipinski definition) is 4. The van der Waals surface area contributed by atoms with E-state index in [-0.39, 0.29) is 5.91 Å². The van der Waals surface area contributed by atoms with Crippen molar-refractivity contribution in [3.05, 3.63) is 59.1 Å². The molecule has 1 fully saturated rings. The molecule has 0 aromatic heterocycles. The molecule has 1 N–H and O–H groups in total. The number of anilines is 1. The van der Waals surface area contributed by atoms with E-state index in [2.05, 4.69) is 27.2 Å². The number of carbonyl (C=O) groups is 1. The molecule has 27 heavy (non-hydrogen) atoms. The number of nitrogens with one attached hydrogen (secondary N) is 1. The van der Waals surface area contributed by atoms with E-state index >= 15 is 0 Å². The molecule has 0 saturated carbocycles. The lowest BCUT2D eigenvalue weighted by molar-refractivity contribution is 0.0951. The van der Waals surface area contributed by atoms with Crippen LogP contribution in [0.15, 0.2) is 48.5 Å². The summed E-state index contributed by atoms with van der Waals surface area (Å²) >= 11 is 6.05. The molecule has 0 atom stereocenters. The summed E-state index contributed by atoms with van der Waals surface area (Å²) in [6.07, 6.45) is 0.929. The van der Waals surface area contributed by atoms with E-state index in [0.717, 1.165) is 44.9 Å². The largest absolute Gasteiger partial charge is 0.497 e. The van der Waals surface area contributed by atoms with Crippen LogP contribution in [0.3, 0.4) is 0 Å². The molecule has 2 aromatic carbocycles. The summed E-state index contributed by atoms with van der Waals surface area (Å²) in [5.41, 5.74) is 1.77. The van der Waals surface area contributed by atoms with E-state index < -0.39 is 0 Å². The van der Waals surface area contributed by atoms with Gasteiger partial charge in [-0.25, -0.2) is 0 Å². The Morgan fingerprint density at radius 3 is 2.44 bits per heavy atom. The van der Waals surface area contributed by atoms with Crippen molar-refractivity contribution in [1.82, 2.24) is 10.2 Å². The molecule has 0 bridgehead atoms. The Kier molecular flexibility index (Phi) is 6.96. The Morgan fingerprint density at radius 1 is 1.07 bits per heavy atom. The fourth-order valence-corrected chi connectivity index (χ4v) is 3.49. The predicted octanol–water partition coefficient (Wildman–Crippen LogP) is 3.29. The van der Waals surface area contributed by atoms with E-state index in [1.54, 1.807) is 19.2 Å². The summed E-state index contributed by atoms with van der Waals surface area (Å²) in [7, 11) is 1.69. The molecule has 5 nitrogen and oxygen atoms in total. The Hall–Kier alpha value is -2.24. The third-order valence-electron chi connectivity index (χ3n) is 4.87. The maximum Gasteiger partial charge on any atom is 0.252 e. The van der Waals surface area contributed by atoms with Crippen molar-refractivity contribution < 1.29 is 9.53 Å². The first-order valence-electron chi connectivity index (χ1n) is 9.31. The van der Waals surface area contributed by atoms with Crippen LogP contribution in [0.2, 0.25) is 5.02 Å². The van der Waals surface area contributed by atoms with E-state index in [1.165, 1.54) is 5.69 Å². The van der Waals surface area contributed by atoms with Gasteiger partial charge in [0.1, 0.15) is 5.75 Å². The summed E-state index contributed by atoms with van der Waals surface area (Å²) < 4.78 is 5.22. The van der Waals surface area contributed by atoms with E-state index in [0.29, 0.717) is 17.1 Å². The first kappa shape index (κ1) is 19.5. The minimum Gasteiger partial charge on any atom is -0.497 e. The molecule has 0 spiro atoms. The number of carbonyl (C=O) groups excluding carboxylic acids is 1. The van der Waals surface area contributed by atoms with Gasteiger partial charge < -0.3 is 15.0 Å². The minimum absolute atomic E-state index is 0.107. The molecule has 1 aliphatic rings. The zero-order valence-electron chi connectivity index (χ0n) is 15.7. The van der Waals surface area contributed by atoms with Gasteiger partial charge in [-0.15, -0.1) is 0 Å². The van der Waals surface area contributed by atoms with Gasteiger partial charge >= 0.3 is 0 Å². The van der Waals surface area contributed by atoms with Crippen LogP contribution in [0.4, 0.5) is 5.69 Å². The number of halogens is 1. The third-order valence-corrected chi connectivity index (χ3v) is 5.19. The van der Waals surface area contributed by atoms with Crippen LogP contribution < -0.4 is 15.0 Å². The molecule has 0 unspecified atom stereocenters. The Morgan fingerprint density at radius 2 is 1.78 bits per heavy atom. The standard InChI is InChI=1S/C21H26ClN3O2/c1-27-18-9-7-17(8-10-18)25-15-13-24(14-16-25)12-4-11-23-21(26)19-5-2-3-6-20(19)22/h2-3,5-10H,4,11-16H2,1H3,(H,23,26). The van der Waals surface area contributed by atoms with Crippen molar-refractivity contribution in [3.63, 3.8) is 0 Å². The van der Waals surface area contributed by atoms with Crippen molar-refractivity contribution >= 4 is 23.2 Å². The molecule has 0 aliphatic carbocycles. The highest BCUT2D eigenvalue weighted by atomic mass is 35.5. The molecule has 1 heterocycles. The van der Waals surface area contributed by atoms with Gasteiger partial charge in [-0.05, 0) is 49.4 Å². The zero-order valence-corrected chi connectivity index (χ0v) is 16.4. The number of hydrogen-bond donors (Lipinski definition) is 1. The number of nitrogens with zero attached hydrogens (tertiary/aromatic N) is 2. The van der Waals surface area contributed by atoms with Crippen molar-refractivity contribution in [1.29, 1.82) is 0 Å². The Bertz CT molecular complexity index is 743. The second kappa shape index (κ2) is 9.62. The molecule has 0 radical (unpaired) electrons. The third kappa shape index (κ3) is 5.37. The first-order chi connectivity index (χ1) is 13.2. The average molecular weight is 388 g/mol. The quantitative estimate of drug-likeness (QED) is 0.740. The second-order valence-electron chi connectivity index (χ2n) is 6.62. The van der Waals surface area contributed by atoms with Gasteiger partial charge in [0, 0.05) is 38.4 Å². The van der Waals surface area contributed by atoms with Crippen LogP contribution in [-0.2, 0) is 0 Å². The molecule has 2 aromatic rings. The molecule has 1 amide bonds. The van der Waals surface area contributed by atoms with Crippen LogP contribution in [0, 0.1) is 0 Å². The van der Waals surface area contributed by atoms with Crippen LogP contribution >= 0.6 is 11.6 Å². The topological polar surface area (TPSA) is 44.8 Å². The monoisotopic (exact) mass is 387 g/mol. The Labute approximate surface area is 165 Å². The van der Waals surface area contributed by atoms with Crippen LogP contribution in [0.1, 0.15) is 16.8 Å². The van der Waals surface area contributed by atoms with Crippen molar-refractivity contribution in [2.24, 2.45) is 0 Å². The molecular formula is C21H26ClN3O2. The SMILES string of the molecule is COc1ccc(N2CCN(CCCNC(=O)c3ccccc3Cl)CC2)cc1. The number of benzene rings is 2. The molecule has 1 aliphatic heterocycles. The molecule has 144 valence electrons. The number of piperazine rings is 1. The first-order valence-corrected chi connectivity index (χ1v) is 9.69. The Balaban J connectivity index is 1.36. The maximum absolute atomic E-state index is 12.1. The van der Waals surface area contributed by atoms with Crippen molar-refractivity contribution in [2.45, 2.75) is 6.42 Å². The lowest BCUT2D eigenvalue weighted by Gasteiger charge is -2.36. The summed E-state index contributed by atoms with van der Waals surface area (Å²) in [6.45, 7) is 5.73. The van der Waals surface area contributed by atoms with Gasteiger partial charge in [0.05, 0.1) is 17.7 Å². The highest BCUT2D eigenvalue weighted by Crippen LogP contribution is 2.20. The van der Waals surface area contributed by atoms with Gasteiger partial charge in [0.25, 0.3) is 5.91 Å². The number of amides is 1. The average Bonchev–Trinajstić information content (AvgIpc) is 2.72. The lowest BCUT2D eigenvalue weighted by Crippen LogP contribution is -2.47. The van der Waals surface area contributed by atoms with Crippen LogP contribution in [0.5, 0.6) is 5.75 Å². The molecule has 3 rings (SSSR count). The van der Waals surface area contributed by atoms with Gasteiger partial charge in [-0.2, -0.15) is 0 Å². The molecule has 6 heteroatoms. The van der Waals surface area contributed by atoms with E-state index in [1.807, 2.05) is 24.3 Å². The highest BCUT2D eigenvalue weighted by molar-refractivity contribution is 6.33.